The molecule has 0 radical (unpaired) electrons. The van der Waals surface area contributed by atoms with Crippen LogP contribution >= 0.6 is 11.3 Å². The van der Waals surface area contributed by atoms with Crippen molar-refractivity contribution in [3.05, 3.63) is 35.0 Å². The fourth-order valence-electron chi connectivity index (χ4n) is 2.39. The van der Waals surface area contributed by atoms with E-state index in [9.17, 15) is 14.4 Å². The van der Waals surface area contributed by atoms with Crippen LogP contribution in [0.3, 0.4) is 0 Å². The number of hydrogen-bond donors (Lipinski definition) is 1. The summed E-state index contributed by atoms with van der Waals surface area (Å²) in [6.07, 6.45) is 2.32. The van der Waals surface area contributed by atoms with Crippen LogP contribution in [0, 0.1) is 12.8 Å². The molecular formula is C19H23N3O5S. The number of hydrogen-bond acceptors (Lipinski definition) is 8. The topological polar surface area (TPSA) is 107 Å². The molecule has 2 heterocycles. The molecule has 0 unspecified atom stereocenters. The standard InChI is InChI=1S/C19H23N3O5S/c1-5-11(2)15(18(24)26-4)22-14(23)10-27-19(25)16-12(3)21-17(28-16)13-8-6-7-9-20-13/h6-9,11,15H,5,10H2,1-4H3,(H,22,23)/t11-,15-/m0/s1. The Morgan fingerprint density at radius 3 is 2.64 bits per heavy atom. The number of thiazole rings is 1. The lowest BCUT2D eigenvalue weighted by atomic mass is 9.99. The molecule has 0 bridgehead atoms. The van der Waals surface area contributed by atoms with Crippen LogP contribution in [0.4, 0.5) is 0 Å². The van der Waals surface area contributed by atoms with E-state index in [-0.39, 0.29) is 5.92 Å². The number of aryl methyl sites for hydroxylation is 1. The molecule has 0 fully saturated rings. The first-order chi connectivity index (χ1) is 13.4. The van der Waals surface area contributed by atoms with Crippen LogP contribution in [-0.4, -0.2) is 47.6 Å². The van der Waals surface area contributed by atoms with Crippen molar-refractivity contribution in [2.24, 2.45) is 5.92 Å². The van der Waals surface area contributed by atoms with Crippen LogP contribution < -0.4 is 5.32 Å². The van der Waals surface area contributed by atoms with Crippen molar-refractivity contribution in [1.82, 2.24) is 15.3 Å². The lowest BCUT2D eigenvalue weighted by molar-refractivity contribution is -0.147. The van der Waals surface area contributed by atoms with E-state index in [1.807, 2.05) is 19.9 Å². The maximum atomic E-state index is 12.3. The van der Waals surface area contributed by atoms with Gasteiger partial charge in [-0.1, -0.05) is 26.3 Å². The van der Waals surface area contributed by atoms with Gasteiger partial charge >= 0.3 is 11.9 Å². The number of esters is 2. The van der Waals surface area contributed by atoms with Crippen LogP contribution in [-0.2, 0) is 19.1 Å². The second-order valence-electron chi connectivity index (χ2n) is 6.18. The summed E-state index contributed by atoms with van der Waals surface area (Å²) >= 11 is 1.15. The van der Waals surface area contributed by atoms with Gasteiger partial charge in [0, 0.05) is 6.20 Å². The second-order valence-corrected chi connectivity index (χ2v) is 7.18. The molecular weight excluding hydrogens is 382 g/mol. The van der Waals surface area contributed by atoms with E-state index in [2.05, 4.69) is 15.3 Å². The molecule has 0 saturated heterocycles. The molecule has 2 aromatic rings. The molecule has 8 nitrogen and oxygen atoms in total. The zero-order chi connectivity index (χ0) is 20.7. The summed E-state index contributed by atoms with van der Waals surface area (Å²) in [5, 5.41) is 3.15. The van der Waals surface area contributed by atoms with E-state index in [0.717, 1.165) is 11.3 Å². The number of methoxy groups -OCH3 is 1. The minimum absolute atomic E-state index is 0.114. The first-order valence-corrected chi connectivity index (χ1v) is 9.62. The molecule has 0 aliphatic heterocycles. The molecule has 28 heavy (non-hydrogen) atoms. The molecule has 2 atom stereocenters. The summed E-state index contributed by atoms with van der Waals surface area (Å²) in [5.41, 5.74) is 1.16. The minimum atomic E-state index is -0.790. The smallest absolute Gasteiger partial charge is 0.350 e. The van der Waals surface area contributed by atoms with E-state index in [4.69, 9.17) is 9.47 Å². The first kappa shape index (κ1) is 21.5. The van der Waals surface area contributed by atoms with Gasteiger partial charge in [-0.25, -0.2) is 14.6 Å². The Morgan fingerprint density at radius 2 is 2.04 bits per heavy atom. The van der Waals surface area contributed by atoms with Gasteiger partial charge in [-0.3, -0.25) is 9.78 Å². The molecule has 9 heteroatoms. The Bertz CT molecular complexity index is 837. The van der Waals surface area contributed by atoms with E-state index in [0.29, 0.717) is 27.7 Å². The van der Waals surface area contributed by atoms with Gasteiger partial charge in [0.1, 0.15) is 15.9 Å². The van der Waals surface area contributed by atoms with E-state index in [1.54, 1.807) is 25.3 Å². The molecule has 0 aliphatic carbocycles. The third kappa shape index (κ3) is 5.35. The van der Waals surface area contributed by atoms with Crippen molar-refractivity contribution in [2.75, 3.05) is 13.7 Å². The average Bonchev–Trinajstić information content (AvgIpc) is 3.11. The van der Waals surface area contributed by atoms with Gasteiger partial charge in [0.15, 0.2) is 6.61 Å². The molecule has 1 N–H and O–H groups in total. The molecule has 150 valence electrons. The molecule has 0 aliphatic rings. The normalized spacial score (nSPS) is 12.7. The van der Waals surface area contributed by atoms with Gasteiger partial charge in [0.2, 0.25) is 0 Å². The van der Waals surface area contributed by atoms with Gasteiger partial charge in [-0.05, 0) is 25.0 Å². The van der Waals surface area contributed by atoms with Crippen molar-refractivity contribution in [2.45, 2.75) is 33.2 Å². The quantitative estimate of drug-likeness (QED) is 0.672. The van der Waals surface area contributed by atoms with E-state index >= 15 is 0 Å². The van der Waals surface area contributed by atoms with Gasteiger partial charge in [0.05, 0.1) is 18.5 Å². The third-order valence-corrected chi connectivity index (χ3v) is 5.34. The molecule has 0 saturated carbocycles. The molecule has 2 rings (SSSR count). The molecule has 0 aromatic carbocycles. The number of rotatable bonds is 8. The Hall–Kier alpha value is -2.81. The minimum Gasteiger partial charge on any atom is -0.467 e. The van der Waals surface area contributed by atoms with Crippen molar-refractivity contribution < 1.29 is 23.9 Å². The zero-order valence-corrected chi connectivity index (χ0v) is 17.0. The fraction of sp³-hybridized carbons (Fsp3) is 0.421. The van der Waals surface area contributed by atoms with Crippen LogP contribution in [0.5, 0.6) is 0 Å². The Kier molecular flexibility index (Phi) is 7.62. The van der Waals surface area contributed by atoms with Crippen LogP contribution in [0.25, 0.3) is 10.7 Å². The largest absolute Gasteiger partial charge is 0.467 e. The summed E-state index contributed by atoms with van der Waals surface area (Å²) < 4.78 is 9.81. The average molecular weight is 405 g/mol. The van der Waals surface area contributed by atoms with Gasteiger partial charge < -0.3 is 14.8 Å². The summed E-state index contributed by atoms with van der Waals surface area (Å²) in [6, 6.07) is 4.62. The Balaban J connectivity index is 1.99. The number of carbonyl (C=O) groups excluding carboxylic acids is 3. The van der Waals surface area contributed by atoms with Gasteiger partial charge in [-0.2, -0.15) is 0 Å². The van der Waals surface area contributed by atoms with Gasteiger partial charge in [0.25, 0.3) is 5.91 Å². The Morgan fingerprint density at radius 1 is 1.29 bits per heavy atom. The molecule has 2 aromatic heterocycles. The number of nitrogens with one attached hydrogen (secondary N) is 1. The van der Waals surface area contributed by atoms with Crippen LogP contribution in [0.2, 0.25) is 0 Å². The summed E-state index contributed by atoms with van der Waals surface area (Å²) in [4.78, 5) is 45.1. The summed E-state index contributed by atoms with van der Waals surface area (Å²) in [6.45, 7) is 4.92. The highest BCUT2D eigenvalue weighted by atomic mass is 32.1. The number of pyridine rings is 1. The lowest BCUT2D eigenvalue weighted by Crippen LogP contribution is -2.47. The predicted octanol–water partition coefficient (Wildman–Crippen LogP) is 2.37. The molecule has 0 spiro atoms. The summed E-state index contributed by atoms with van der Waals surface area (Å²) in [5.74, 6) is -1.87. The third-order valence-electron chi connectivity index (χ3n) is 4.18. The number of ether oxygens (including phenoxy) is 2. The highest BCUT2D eigenvalue weighted by Gasteiger charge is 2.27. The van der Waals surface area contributed by atoms with Gasteiger partial charge in [-0.15, -0.1) is 11.3 Å². The zero-order valence-electron chi connectivity index (χ0n) is 16.2. The summed E-state index contributed by atoms with van der Waals surface area (Å²) in [7, 11) is 1.26. The van der Waals surface area contributed by atoms with Crippen molar-refractivity contribution in [3.8, 4) is 10.7 Å². The van der Waals surface area contributed by atoms with E-state index in [1.165, 1.54) is 7.11 Å². The number of carbonyl (C=O) groups is 3. The number of nitrogens with zero attached hydrogens (tertiary/aromatic N) is 2. The number of amides is 1. The SMILES string of the molecule is CC[C@H](C)[C@H](NC(=O)COC(=O)c1sc(-c2ccccn2)nc1C)C(=O)OC. The predicted molar refractivity (Wildman–Crippen MR) is 104 cm³/mol. The Labute approximate surface area is 167 Å². The van der Waals surface area contributed by atoms with Crippen LogP contribution in [0.1, 0.15) is 35.6 Å². The monoisotopic (exact) mass is 405 g/mol. The maximum Gasteiger partial charge on any atom is 0.350 e. The van der Waals surface area contributed by atoms with Crippen molar-refractivity contribution in [3.63, 3.8) is 0 Å². The van der Waals surface area contributed by atoms with E-state index < -0.39 is 30.5 Å². The maximum absolute atomic E-state index is 12.3. The second kappa shape index (κ2) is 9.93. The lowest BCUT2D eigenvalue weighted by Gasteiger charge is -2.21. The highest BCUT2D eigenvalue weighted by Crippen LogP contribution is 2.26. The first-order valence-electron chi connectivity index (χ1n) is 8.80. The van der Waals surface area contributed by atoms with Crippen LogP contribution in [0.15, 0.2) is 24.4 Å². The molecule has 1 amide bonds. The van der Waals surface area contributed by atoms with Crippen molar-refractivity contribution >= 4 is 29.2 Å². The highest BCUT2D eigenvalue weighted by molar-refractivity contribution is 7.17. The van der Waals surface area contributed by atoms with Crippen molar-refractivity contribution in [1.29, 1.82) is 0 Å². The number of aromatic nitrogens is 2. The fourth-order valence-corrected chi connectivity index (χ4v) is 3.33.